The van der Waals surface area contributed by atoms with Crippen LogP contribution in [-0.4, -0.2) is 67.3 Å². The first-order chi connectivity index (χ1) is 16.9. The molecule has 35 heavy (non-hydrogen) atoms. The van der Waals surface area contributed by atoms with Gasteiger partial charge in [-0.1, -0.05) is 6.07 Å². The number of benzene rings is 1. The highest BCUT2D eigenvalue weighted by Crippen LogP contribution is 2.38. The number of hydrogen-bond acceptors (Lipinski definition) is 7. The first-order valence-corrected chi connectivity index (χ1v) is 11.5. The number of methoxy groups -OCH3 is 3. The number of aromatic amines is 1. The number of amides is 1. The summed E-state index contributed by atoms with van der Waals surface area (Å²) in [7, 11) is 4.34. The smallest absolute Gasteiger partial charge is 0.356 e. The van der Waals surface area contributed by atoms with E-state index in [-0.39, 0.29) is 29.6 Å². The topological polar surface area (TPSA) is 115 Å². The van der Waals surface area contributed by atoms with Gasteiger partial charge in [0, 0.05) is 48.8 Å². The van der Waals surface area contributed by atoms with Crippen LogP contribution in [0.3, 0.4) is 0 Å². The minimum absolute atomic E-state index is 0.0325. The van der Waals surface area contributed by atoms with Crippen LogP contribution in [0.15, 0.2) is 35.1 Å². The molecule has 3 aromatic rings. The van der Waals surface area contributed by atoms with E-state index in [2.05, 4.69) is 15.2 Å². The maximum atomic E-state index is 13.2. The second-order valence-corrected chi connectivity index (χ2v) is 9.06. The van der Waals surface area contributed by atoms with Crippen molar-refractivity contribution in [1.29, 1.82) is 0 Å². The van der Waals surface area contributed by atoms with E-state index >= 15 is 0 Å². The molecule has 1 saturated heterocycles. The largest absolute Gasteiger partial charge is 0.493 e. The van der Waals surface area contributed by atoms with Gasteiger partial charge in [0.25, 0.3) is 5.56 Å². The molecule has 2 aromatic heterocycles. The Labute approximate surface area is 201 Å². The standard InChI is InChI=1S/C25H28N4O6/c1-33-19-8-16-17(9-20(19)34-2)26-24(25(32)35-3)23(16)27-21(30)13-28-10-14-7-15(12-28)18-5-4-6-22(31)29(18)11-14/h4-6,8-9,14-15,26H,7,10-13H2,1-3H3,(H,27,30)/t14?,15-/m0/s1. The Bertz CT molecular complexity index is 1360. The van der Waals surface area contributed by atoms with Crippen LogP contribution in [0, 0.1) is 5.92 Å². The van der Waals surface area contributed by atoms with Gasteiger partial charge in [-0.3, -0.25) is 14.5 Å². The number of carbonyl (C=O) groups is 2. The fourth-order valence-electron chi connectivity index (χ4n) is 5.41. The van der Waals surface area contributed by atoms with E-state index in [4.69, 9.17) is 14.2 Å². The Morgan fingerprint density at radius 3 is 2.60 bits per heavy atom. The summed E-state index contributed by atoms with van der Waals surface area (Å²) in [6, 6.07) is 8.82. The van der Waals surface area contributed by atoms with Crippen molar-refractivity contribution in [2.24, 2.45) is 5.92 Å². The van der Waals surface area contributed by atoms with Crippen LogP contribution in [0.25, 0.3) is 10.9 Å². The fraction of sp³-hybridized carbons (Fsp3) is 0.400. The number of anilines is 1. The van der Waals surface area contributed by atoms with Gasteiger partial charge in [0.2, 0.25) is 5.91 Å². The molecule has 1 unspecified atom stereocenters. The van der Waals surface area contributed by atoms with Gasteiger partial charge in [-0.15, -0.1) is 0 Å². The van der Waals surface area contributed by atoms with Gasteiger partial charge in [0.05, 0.1) is 39.1 Å². The highest BCUT2D eigenvalue weighted by atomic mass is 16.5. The van der Waals surface area contributed by atoms with E-state index in [1.54, 1.807) is 24.3 Å². The summed E-state index contributed by atoms with van der Waals surface area (Å²) in [5.41, 5.74) is 2.16. The second-order valence-electron chi connectivity index (χ2n) is 9.06. The molecule has 2 N–H and O–H groups in total. The van der Waals surface area contributed by atoms with Crippen molar-refractivity contribution in [3.8, 4) is 11.5 Å². The van der Waals surface area contributed by atoms with Crippen LogP contribution in [0.5, 0.6) is 11.5 Å². The number of esters is 1. The van der Waals surface area contributed by atoms with E-state index < -0.39 is 5.97 Å². The number of rotatable bonds is 6. The Morgan fingerprint density at radius 2 is 1.86 bits per heavy atom. The Morgan fingerprint density at radius 1 is 1.09 bits per heavy atom. The zero-order chi connectivity index (χ0) is 24.7. The van der Waals surface area contributed by atoms with Crippen LogP contribution in [-0.2, 0) is 16.1 Å². The predicted molar refractivity (Wildman–Crippen MR) is 129 cm³/mol. The predicted octanol–water partition coefficient (Wildman–Crippen LogP) is 2.19. The van der Waals surface area contributed by atoms with Crippen LogP contribution >= 0.6 is 0 Å². The maximum absolute atomic E-state index is 13.2. The summed E-state index contributed by atoms with van der Waals surface area (Å²) in [5, 5.41) is 3.53. The van der Waals surface area contributed by atoms with Gasteiger partial charge >= 0.3 is 5.97 Å². The van der Waals surface area contributed by atoms with Crippen LogP contribution < -0.4 is 20.3 Å². The Kier molecular flexibility index (Phi) is 5.98. The first-order valence-electron chi connectivity index (χ1n) is 11.5. The molecule has 2 aliphatic rings. The Hall–Kier alpha value is -3.79. The van der Waals surface area contributed by atoms with E-state index in [9.17, 15) is 14.4 Å². The van der Waals surface area contributed by atoms with E-state index in [0.29, 0.717) is 47.1 Å². The number of pyridine rings is 1. The average Bonchev–Trinajstić information content (AvgIpc) is 3.20. The summed E-state index contributed by atoms with van der Waals surface area (Å²) in [6.45, 7) is 2.26. The molecular weight excluding hydrogens is 452 g/mol. The van der Waals surface area contributed by atoms with Crippen molar-refractivity contribution in [2.75, 3.05) is 46.3 Å². The molecule has 4 heterocycles. The van der Waals surface area contributed by atoms with Crippen molar-refractivity contribution in [3.05, 3.63) is 52.1 Å². The molecule has 10 nitrogen and oxygen atoms in total. The molecule has 0 saturated carbocycles. The van der Waals surface area contributed by atoms with E-state index in [1.807, 2.05) is 10.6 Å². The van der Waals surface area contributed by atoms with E-state index in [0.717, 1.165) is 18.7 Å². The van der Waals surface area contributed by atoms with Crippen molar-refractivity contribution in [1.82, 2.24) is 14.5 Å². The molecule has 2 bridgehead atoms. The summed E-state index contributed by atoms with van der Waals surface area (Å²) in [5.74, 6) is 0.656. The third-order valence-electron chi connectivity index (χ3n) is 6.88. The van der Waals surface area contributed by atoms with Crippen molar-refractivity contribution in [2.45, 2.75) is 18.9 Å². The molecule has 184 valence electrons. The summed E-state index contributed by atoms with van der Waals surface area (Å²) >= 11 is 0. The first kappa shape index (κ1) is 23.0. The molecule has 2 atom stereocenters. The van der Waals surface area contributed by atoms with Crippen LogP contribution in [0.1, 0.15) is 28.5 Å². The van der Waals surface area contributed by atoms with Gasteiger partial charge < -0.3 is 29.1 Å². The van der Waals surface area contributed by atoms with Crippen LogP contribution in [0.4, 0.5) is 5.69 Å². The lowest BCUT2D eigenvalue weighted by Crippen LogP contribution is -2.49. The SMILES string of the molecule is COC(=O)c1[nH]c2cc(OC)c(OC)cc2c1NC(=O)CN1CC2C[C@@H](C1)c1cccc(=O)n1C2. The number of nitrogens with one attached hydrogen (secondary N) is 2. The number of ether oxygens (including phenoxy) is 3. The molecule has 0 spiro atoms. The summed E-state index contributed by atoms with van der Waals surface area (Å²) < 4.78 is 17.5. The number of hydrogen-bond donors (Lipinski definition) is 2. The number of H-pyrrole nitrogens is 1. The number of fused-ring (bicyclic) bond motifs is 5. The summed E-state index contributed by atoms with van der Waals surface area (Å²) in [4.78, 5) is 43.0. The molecule has 1 fully saturated rings. The normalized spacial score (nSPS) is 19.2. The number of nitrogens with zero attached hydrogens (tertiary/aromatic N) is 2. The lowest BCUT2D eigenvalue weighted by Gasteiger charge is -2.42. The average molecular weight is 481 g/mol. The highest BCUT2D eigenvalue weighted by molar-refractivity contribution is 6.11. The second kappa shape index (κ2) is 9.10. The Balaban J connectivity index is 1.39. The fourth-order valence-corrected chi connectivity index (χ4v) is 5.41. The molecule has 0 radical (unpaired) electrons. The number of likely N-dealkylation sites (tertiary alicyclic amines) is 1. The minimum Gasteiger partial charge on any atom is -0.493 e. The van der Waals surface area contributed by atoms with Gasteiger partial charge in [-0.25, -0.2) is 4.79 Å². The third kappa shape index (κ3) is 4.14. The molecular formula is C25H28N4O6. The molecule has 1 aromatic carbocycles. The number of piperidine rings is 1. The number of carbonyl (C=O) groups excluding carboxylic acids is 2. The lowest BCUT2D eigenvalue weighted by atomic mass is 9.83. The molecule has 5 rings (SSSR count). The third-order valence-corrected chi connectivity index (χ3v) is 6.88. The molecule has 1 amide bonds. The molecule has 2 aliphatic heterocycles. The van der Waals surface area contributed by atoms with Gasteiger partial charge in [0.15, 0.2) is 11.5 Å². The zero-order valence-electron chi connectivity index (χ0n) is 19.9. The van der Waals surface area contributed by atoms with Gasteiger partial charge in [-0.05, 0) is 24.5 Å². The summed E-state index contributed by atoms with van der Waals surface area (Å²) in [6.07, 6.45) is 1.01. The molecule has 0 aliphatic carbocycles. The quantitative estimate of drug-likeness (QED) is 0.520. The van der Waals surface area contributed by atoms with Crippen LogP contribution in [0.2, 0.25) is 0 Å². The van der Waals surface area contributed by atoms with Crippen molar-refractivity contribution >= 4 is 28.5 Å². The minimum atomic E-state index is -0.594. The highest BCUT2D eigenvalue weighted by Gasteiger charge is 2.35. The van der Waals surface area contributed by atoms with Crippen molar-refractivity contribution < 1.29 is 23.8 Å². The lowest BCUT2D eigenvalue weighted by molar-refractivity contribution is -0.117. The number of aromatic nitrogens is 2. The monoisotopic (exact) mass is 480 g/mol. The van der Waals surface area contributed by atoms with Crippen molar-refractivity contribution in [3.63, 3.8) is 0 Å². The van der Waals surface area contributed by atoms with Gasteiger partial charge in [0.1, 0.15) is 5.69 Å². The molecule has 10 heteroatoms. The van der Waals surface area contributed by atoms with Gasteiger partial charge in [-0.2, -0.15) is 0 Å². The van der Waals surface area contributed by atoms with E-state index in [1.165, 1.54) is 21.3 Å². The maximum Gasteiger partial charge on any atom is 0.356 e. The zero-order valence-corrected chi connectivity index (χ0v) is 19.9.